The summed E-state index contributed by atoms with van der Waals surface area (Å²) in [6.07, 6.45) is 3.05. The Morgan fingerprint density at radius 1 is 1.21 bits per heavy atom. The summed E-state index contributed by atoms with van der Waals surface area (Å²) in [6, 6.07) is 1.27. The Labute approximate surface area is 229 Å². The van der Waals surface area contributed by atoms with Crippen LogP contribution in [0.1, 0.15) is 75.1 Å². The fourth-order valence-electron chi connectivity index (χ4n) is 4.68. The van der Waals surface area contributed by atoms with E-state index in [0.717, 1.165) is 25.7 Å². The number of aromatic nitrogens is 3. The summed E-state index contributed by atoms with van der Waals surface area (Å²) in [5.41, 5.74) is 0.187. The number of pyridine rings is 1. The normalized spacial score (nSPS) is 17.5. The first-order chi connectivity index (χ1) is 18.3. The van der Waals surface area contributed by atoms with E-state index in [9.17, 15) is 22.4 Å². The molecule has 1 amide bonds. The van der Waals surface area contributed by atoms with E-state index in [2.05, 4.69) is 22.3 Å². The number of amides is 1. The van der Waals surface area contributed by atoms with Gasteiger partial charge in [-0.2, -0.15) is 22.3 Å². The second kappa shape index (κ2) is 14.5. The lowest BCUT2D eigenvalue weighted by Gasteiger charge is -2.26. The smallest absolute Gasteiger partial charge is 0.387 e. The molecule has 8 nitrogen and oxygen atoms in total. The lowest BCUT2D eigenvalue weighted by molar-refractivity contribution is -0.0496. The number of nitrogens with zero attached hydrogens (tertiary/aromatic N) is 3. The molecule has 0 radical (unpaired) electrons. The molecule has 1 fully saturated rings. The summed E-state index contributed by atoms with van der Waals surface area (Å²) < 4.78 is 76.2. The van der Waals surface area contributed by atoms with E-state index >= 15 is 0 Å². The van der Waals surface area contributed by atoms with Gasteiger partial charge in [-0.1, -0.05) is 33.6 Å². The summed E-state index contributed by atoms with van der Waals surface area (Å²) in [4.78, 5) is 17.3. The van der Waals surface area contributed by atoms with Crippen molar-refractivity contribution in [2.45, 2.75) is 86.3 Å². The van der Waals surface area contributed by atoms with E-state index in [1.54, 1.807) is 11.6 Å². The van der Waals surface area contributed by atoms with Gasteiger partial charge < -0.3 is 10.1 Å². The average Bonchev–Trinajstić information content (AvgIpc) is 3.19. The quantitative estimate of drug-likeness (QED) is 0.370. The van der Waals surface area contributed by atoms with Crippen LogP contribution >= 0.6 is 0 Å². The van der Waals surface area contributed by atoms with Gasteiger partial charge in [0, 0.05) is 48.4 Å². The molecule has 0 bridgehead atoms. The number of carbonyl (C=O) groups excluding carboxylic acids is 1. The Kier molecular flexibility index (Phi) is 12.1. The molecule has 1 aliphatic rings. The van der Waals surface area contributed by atoms with E-state index in [1.807, 2.05) is 6.92 Å². The van der Waals surface area contributed by atoms with Crippen molar-refractivity contribution in [1.29, 1.82) is 0 Å². The molecule has 1 aliphatic carbocycles. The first kappa shape index (κ1) is 32.4. The van der Waals surface area contributed by atoms with Crippen molar-refractivity contribution in [2.24, 2.45) is 17.3 Å². The lowest BCUT2D eigenvalue weighted by Crippen LogP contribution is -2.31. The summed E-state index contributed by atoms with van der Waals surface area (Å²) in [5, 5.41) is 7.42. The average molecular weight is 577 g/mol. The Morgan fingerprint density at radius 2 is 1.82 bits per heavy atom. The van der Waals surface area contributed by atoms with Crippen LogP contribution in [0.5, 0.6) is 5.75 Å². The lowest BCUT2D eigenvalue weighted by atomic mass is 9.83. The van der Waals surface area contributed by atoms with Gasteiger partial charge in [-0.3, -0.25) is 14.5 Å². The van der Waals surface area contributed by atoms with Gasteiger partial charge in [0.1, 0.15) is 5.75 Å². The van der Waals surface area contributed by atoms with Gasteiger partial charge in [-0.15, -0.1) is 0 Å². The Balaban J connectivity index is 0.00000170. The first-order valence-corrected chi connectivity index (χ1v) is 13.5. The van der Waals surface area contributed by atoms with Gasteiger partial charge in [-0.25, -0.2) is 8.78 Å². The van der Waals surface area contributed by atoms with Crippen LogP contribution in [0, 0.1) is 24.2 Å². The van der Waals surface area contributed by atoms with Crippen molar-refractivity contribution in [2.75, 3.05) is 6.54 Å². The largest absolute Gasteiger partial charge is 0.434 e. The fourth-order valence-corrected chi connectivity index (χ4v) is 4.68. The third-order valence-corrected chi connectivity index (χ3v) is 7.01. The van der Waals surface area contributed by atoms with E-state index in [0.29, 0.717) is 36.2 Å². The predicted molar refractivity (Wildman–Crippen MR) is 138 cm³/mol. The minimum Gasteiger partial charge on any atom is -0.434 e. The molecule has 3 rings (SSSR count). The van der Waals surface area contributed by atoms with Crippen LogP contribution in [0.4, 0.5) is 17.6 Å². The van der Waals surface area contributed by atoms with Crippen LogP contribution in [0.15, 0.2) is 12.3 Å². The standard InChI is InChI=1S/C26H36F4N4O2.O2S/c1-6-34-22(16(3)21(33-34)23(35)32-13-17-9-7-15(2)8-10-17)19-14-31-18(11-20(19)36-25(29)30)12-26(4,5)24(27)28;1-3-2/h11,14-15,17,24-25H,6-10,12-13H2,1-5H3,(H,32,35);. The van der Waals surface area contributed by atoms with Gasteiger partial charge >= 0.3 is 18.2 Å². The van der Waals surface area contributed by atoms with Crippen molar-refractivity contribution in [1.82, 2.24) is 20.1 Å². The molecule has 0 aliphatic heterocycles. The van der Waals surface area contributed by atoms with Gasteiger partial charge in [0.15, 0.2) is 5.69 Å². The molecule has 0 unspecified atom stereocenters. The molecule has 2 aromatic rings. The number of hydrogen-bond acceptors (Lipinski definition) is 6. The number of ether oxygens (including phenoxy) is 1. The van der Waals surface area contributed by atoms with Crippen molar-refractivity contribution in [3.05, 3.63) is 29.2 Å². The molecule has 1 N–H and O–H groups in total. The van der Waals surface area contributed by atoms with Crippen molar-refractivity contribution in [3.8, 4) is 17.0 Å². The second-order valence-electron chi connectivity index (χ2n) is 10.6. The maximum Gasteiger partial charge on any atom is 0.387 e. The van der Waals surface area contributed by atoms with Gasteiger partial charge in [0.05, 0.1) is 11.3 Å². The van der Waals surface area contributed by atoms with Crippen LogP contribution in [-0.4, -0.2) is 48.7 Å². The van der Waals surface area contributed by atoms with Gasteiger partial charge in [-0.05, 0) is 38.5 Å². The molecule has 2 aromatic heterocycles. The molecule has 0 aromatic carbocycles. The zero-order chi connectivity index (χ0) is 29.3. The zero-order valence-corrected chi connectivity index (χ0v) is 23.6. The minimum absolute atomic E-state index is 0.121. The molecule has 1 saturated carbocycles. The molecule has 0 saturated heterocycles. The van der Waals surface area contributed by atoms with Crippen molar-refractivity contribution >= 4 is 17.5 Å². The highest BCUT2D eigenvalue weighted by atomic mass is 32.1. The Bertz CT molecular complexity index is 1150. The molecular weight excluding hydrogens is 540 g/mol. The summed E-state index contributed by atoms with van der Waals surface area (Å²) >= 11 is -0.750. The molecular formula is C26H36F4N4O4S. The van der Waals surface area contributed by atoms with Crippen molar-refractivity contribution in [3.63, 3.8) is 0 Å². The molecule has 218 valence electrons. The van der Waals surface area contributed by atoms with Crippen LogP contribution in [0.25, 0.3) is 11.3 Å². The maximum absolute atomic E-state index is 13.4. The number of alkyl halides is 4. The van der Waals surface area contributed by atoms with Crippen LogP contribution in [-0.2, 0) is 24.5 Å². The monoisotopic (exact) mass is 576 g/mol. The highest BCUT2D eigenvalue weighted by molar-refractivity contribution is 7.51. The van der Waals surface area contributed by atoms with Crippen LogP contribution in [0.2, 0.25) is 0 Å². The summed E-state index contributed by atoms with van der Waals surface area (Å²) in [7, 11) is 0. The molecule has 0 spiro atoms. The zero-order valence-electron chi connectivity index (χ0n) is 22.8. The second-order valence-corrected chi connectivity index (χ2v) is 10.7. The Hall–Kier alpha value is -2.83. The molecule has 0 atom stereocenters. The van der Waals surface area contributed by atoms with Gasteiger partial charge in [0.2, 0.25) is 6.43 Å². The van der Waals surface area contributed by atoms with Crippen LogP contribution < -0.4 is 10.1 Å². The number of carbonyl (C=O) groups is 1. The highest BCUT2D eigenvalue weighted by Crippen LogP contribution is 2.37. The molecule has 13 heteroatoms. The minimum atomic E-state index is -3.12. The predicted octanol–water partition coefficient (Wildman–Crippen LogP) is 5.59. The third-order valence-electron chi connectivity index (χ3n) is 7.01. The van der Waals surface area contributed by atoms with E-state index < -0.39 is 30.0 Å². The molecule has 2 heterocycles. The topological polar surface area (TPSA) is 103 Å². The maximum atomic E-state index is 13.4. The summed E-state index contributed by atoms with van der Waals surface area (Å²) in [5.74, 6) is 0.631. The number of nitrogens with one attached hydrogen (secondary N) is 1. The van der Waals surface area contributed by atoms with E-state index in [1.165, 1.54) is 26.1 Å². The highest BCUT2D eigenvalue weighted by Gasteiger charge is 2.31. The van der Waals surface area contributed by atoms with Gasteiger partial charge in [0.25, 0.3) is 5.91 Å². The third kappa shape index (κ3) is 8.84. The number of hydrogen-bond donors (Lipinski definition) is 1. The summed E-state index contributed by atoms with van der Waals surface area (Å²) in [6.45, 7) is 6.35. The van der Waals surface area contributed by atoms with Crippen LogP contribution in [0.3, 0.4) is 0 Å². The van der Waals surface area contributed by atoms with E-state index in [4.69, 9.17) is 13.2 Å². The first-order valence-electron chi connectivity index (χ1n) is 12.8. The van der Waals surface area contributed by atoms with E-state index in [-0.39, 0.29) is 35.0 Å². The number of rotatable bonds is 10. The van der Waals surface area contributed by atoms with Crippen molar-refractivity contribution < 1.29 is 35.5 Å². The number of aryl methyl sites for hydroxylation is 1. The fraction of sp³-hybridized carbons (Fsp3) is 0.654. The number of halogens is 4. The SMILES string of the molecule is CCn1nc(C(=O)NCC2CCC(C)CC2)c(C)c1-c1cnc(CC(C)(C)C(F)F)cc1OC(F)F.O=S=O. The molecule has 39 heavy (non-hydrogen) atoms. The Morgan fingerprint density at radius 3 is 2.36 bits per heavy atom.